The highest BCUT2D eigenvalue weighted by Gasteiger charge is 2.48. The lowest BCUT2D eigenvalue weighted by Gasteiger charge is -2.54. The van der Waals surface area contributed by atoms with Crippen molar-refractivity contribution in [2.45, 2.75) is 26.8 Å². The Kier molecular flexibility index (Phi) is 4.18. The van der Waals surface area contributed by atoms with Gasteiger partial charge in [-0.25, -0.2) is 9.48 Å². The summed E-state index contributed by atoms with van der Waals surface area (Å²) in [6.45, 7) is 7.01. The molecule has 0 saturated carbocycles. The second kappa shape index (κ2) is 6.54. The zero-order valence-corrected chi connectivity index (χ0v) is 15.8. The summed E-state index contributed by atoms with van der Waals surface area (Å²) in [5.74, 6) is 0. The zero-order chi connectivity index (χ0) is 19.0. The van der Waals surface area contributed by atoms with Crippen molar-refractivity contribution in [3.05, 3.63) is 72.3 Å². The van der Waals surface area contributed by atoms with Crippen LogP contribution >= 0.6 is 0 Å². The molecule has 1 aliphatic heterocycles. The van der Waals surface area contributed by atoms with Crippen molar-refractivity contribution in [1.29, 1.82) is 0 Å². The molecule has 3 aromatic rings. The number of nitrogens with one attached hydrogen (secondary N) is 1. The number of hydrogen-bond acceptors (Lipinski definition) is 3. The smallest absolute Gasteiger partial charge is 0.316 e. The summed E-state index contributed by atoms with van der Waals surface area (Å²) in [7, 11) is 0. The first-order valence-corrected chi connectivity index (χ1v) is 9.05. The fourth-order valence-electron chi connectivity index (χ4n) is 3.81. The van der Waals surface area contributed by atoms with Crippen LogP contribution in [0.5, 0.6) is 0 Å². The lowest BCUT2D eigenvalue weighted by molar-refractivity contribution is -0.0115. The van der Waals surface area contributed by atoms with Crippen molar-refractivity contribution in [2.24, 2.45) is 5.41 Å². The van der Waals surface area contributed by atoms with Crippen LogP contribution in [0.3, 0.4) is 0 Å². The Morgan fingerprint density at radius 2 is 1.89 bits per heavy atom. The van der Waals surface area contributed by atoms with Gasteiger partial charge in [0.1, 0.15) is 0 Å². The number of benzene rings is 1. The van der Waals surface area contributed by atoms with Crippen LogP contribution in [-0.4, -0.2) is 32.2 Å². The van der Waals surface area contributed by atoms with Gasteiger partial charge in [-0.3, -0.25) is 4.98 Å². The Morgan fingerprint density at radius 1 is 1.15 bits per heavy atom. The number of pyridine rings is 1. The van der Waals surface area contributed by atoms with Crippen LogP contribution in [0.15, 0.2) is 61.1 Å². The topological polar surface area (TPSA) is 63.1 Å². The van der Waals surface area contributed by atoms with E-state index in [9.17, 15) is 4.79 Å². The molecule has 1 aliphatic rings. The van der Waals surface area contributed by atoms with E-state index in [-0.39, 0.29) is 17.5 Å². The highest BCUT2D eigenvalue weighted by atomic mass is 16.2. The molecule has 6 nitrogen and oxygen atoms in total. The average molecular weight is 361 g/mol. The maximum Gasteiger partial charge on any atom is 0.322 e. The molecule has 1 N–H and O–H groups in total. The van der Waals surface area contributed by atoms with Crippen LogP contribution in [-0.2, 0) is 0 Å². The summed E-state index contributed by atoms with van der Waals surface area (Å²) in [4.78, 5) is 19.0. The normalized spacial score (nSPS) is 18.0. The van der Waals surface area contributed by atoms with Crippen LogP contribution in [0, 0.1) is 12.3 Å². The Hall–Kier alpha value is -3.15. The Bertz CT molecular complexity index is 963. The number of aromatic nitrogens is 3. The van der Waals surface area contributed by atoms with Gasteiger partial charge in [0.15, 0.2) is 0 Å². The molecule has 0 bridgehead atoms. The van der Waals surface area contributed by atoms with Gasteiger partial charge >= 0.3 is 6.03 Å². The predicted octanol–water partition coefficient (Wildman–Crippen LogP) is 4.19. The second-order valence-corrected chi connectivity index (χ2v) is 7.65. The third-order valence-electron chi connectivity index (χ3n) is 5.03. The van der Waals surface area contributed by atoms with E-state index in [1.807, 2.05) is 60.5 Å². The maximum atomic E-state index is 13.0. The molecule has 4 rings (SSSR count). The average Bonchev–Trinajstić information content (AvgIpc) is 3.07. The van der Waals surface area contributed by atoms with Gasteiger partial charge in [0, 0.05) is 30.6 Å². The largest absolute Gasteiger partial charge is 0.322 e. The quantitative estimate of drug-likeness (QED) is 0.761. The molecule has 2 aromatic heterocycles. The summed E-state index contributed by atoms with van der Waals surface area (Å²) in [6, 6.07) is 13.5. The van der Waals surface area contributed by atoms with Gasteiger partial charge in [-0.2, -0.15) is 5.10 Å². The van der Waals surface area contributed by atoms with Crippen LogP contribution in [0.4, 0.5) is 10.5 Å². The fourth-order valence-corrected chi connectivity index (χ4v) is 3.81. The maximum absolute atomic E-state index is 13.0. The van der Waals surface area contributed by atoms with Gasteiger partial charge in [-0.1, -0.05) is 26.0 Å². The number of carbonyl (C=O) groups excluding carboxylic acids is 1. The Balaban J connectivity index is 1.58. The number of urea groups is 1. The first-order valence-electron chi connectivity index (χ1n) is 9.05. The minimum absolute atomic E-state index is 0.0251. The number of anilines is 1. The number of rotatable bonds is 3. The van der Waals surface area contributed by atoms with E-state index >= 15 is 0 Å². The molecule has 1 unspecified atom stereocenters. The number of likely N-dealkylation sites (tertiary alicyclic amines) is 1. The molecule has 1 fully saturated rings. The molecule has 0 spiro atoms. The van der Waals surface area contributed by atoms with E-state index in [0.717, 1.165) is 22.6 Å². The van der Waals surface area contributed by atoms with Crippen molar-refractivity contribution in [2.75, 3.05) is 11.9 Å². The summed E-state index contributed by atoms with van der Waals surface area (Å²) in [5, 5.41) is 7.53. The lowest BCUT2D eigenvalue weighted by atomic mass is 9.72. The molecular formula is C21H23N5O. The predicted molar refractivity (Wildman–Crippen MR) is 105 cm³/mol. The van der Waals surface area contributed by atoms with Crippen molar-refractivity contribution < 1.29 is 4.79 Å². The van der Waals surface area contributed by atoms with Crippen molar-refractivity contribution in [3.63, 3.8) is 0 Å². The lowest BCUT2D eigenvalue weighted by Crippen LogP contribution is -2.59. The van der Waals surface area contributed by atoms with Gasteiger partial charge in [0.05, 0.1) is 23.1 Å². The molecule has 0 radical (unpaired) electrons. The van der Waals surface area contributed by atoms with Crippen LogP contribution < -0.4 is 5.32 Å². The summed E-state index contributed by atoms with van der Waals surface area (Å²) in [6.07, 6.45) is 5.44. The SMILES string of the molecule is Cc1ccn(-c2ccccc2NC(=O)N2CC(C)(C)C2c2ccncc2)n1. The molecular weight excluding hydrogens is 338 g/mol. The Morgan fingerprint density at radius 3 is 2.56 bits per heavy atom. The van der Waals surface area contributed by atoms with E-state index in [2.05, 4.69) is 29.2 Å². The van der Waals surface area contributed by atoms with Gasteiger partial charge < -0.3 is 10.2 Å². The van der Waals surface area contributed by atoms with Crippen LogP contribution in [0.2, 0.25) is 0 Å². The molecule has 27 heavy (non-hydrogen) atoms. The first kappa shape index (κ1) is 17.3. The summed E-state index contributed by atoms with van der Waals surface area (Å²) >= 11 is 0. The molecule has 1 aromatic carbocycles. The molecule has 138 valence electrons. The van der Waals surface area contributed by atoms with Crippen molar-refractivity contribution in [1.82, 2.24) is 19.7 Å². The minimum Gasteiger partial charge on any atom is -0.316 e. The highest BCUT2D eigenvalue weighted by Crippen LogP contribution is 2.48. The number of carbonyl (C=O) groups is 1. The summed E-state index contributed by atoms with van der Waals surface area (Å²) < 4.78 is 1.78. The van der Waals surface area contributed by atoms with E-state index < -0.39 is 0 Å². The van der Waals surface area contributed by atoms with Crippen molar-refractivity contribution in [3.8, 4) is 5.69 Å². The monoisotopic (exact) mass is 361 g/mol. The zero-order valence-electron chi connectivity index (χ0n) is 15.8. The number of hydrogen-bond donors (Lipinski definition) is 1. The number of amides is 2. The third kappa shape index (κ3) is 3.18. The second-order valence-electron chi connectivity index (χ2n) is 7.65. The number of para-hydroxylation sites is 2. The molecule has 0 aliphatic carbocycles. The van der Waals surface area contributed by atoms with E-state index in [4.69, 9.17) is 0 Å². The van der Waals surface area contributed by atoms with Crippen LogP contribution in [0.1, 0.15) is 31.1 Å². The van der Waals surface area contributed by atoms with E-state index in [1.54, 1.807) is 17.1 Å². The highest BCUT2D eigenvalue weighted by molar-refractivity contribution is 5.92. The summed E-state index contributed by atoms with van der Waals surface area (Å²) in [5.41, 5.74) is 3.64. The molecule has 1 saturated heterocycles. The van der Waals surface area contributed by atoms with Crippen LogP contribution in [0.25, 0.3) is 5.69 Å². The van der Waals surface area contributed by atoms with Gasteiger partial charge in [0.25, 0.3) is 0 Å². The number of aryl methyl sites for hydroxylation is 1. The Labute approximate surface area is 158 Å². The molecule has 1 atom stereocenters. The molecule has 6 heteroatoms. The molecule has 2 amide bonds. The van der Waals surface area contributed by atoms with E-state index in [0.29, 0.717) is 6.54 Å². The van der Waals surface area contributed by atoms with E-state index in [1.165, 1.54) is 0 Å². The minimum atomic E-state index is -0.104. The molecule has 3 heterocycles. The standard InChI is InChI=1S/C21H23N5O/c1-15-10-13-26(24-15)18-7-5-4-6-17(18)23-20(27)25-14-21(2,3)19(25)16-8-11-22-12-9-16/h4-13,19H,14H2,1-3H3,(H,23,27). The van der Waals surface area contributed by atoms with Gasteiger partial charge in [-0.15, -0.1) is 0 Å². The van der Waals surface area contributed by atoms with Gasteiger partial charge in [-0.05, 0) is 42.8 Å². The fraction of sp³-hybridized carbons (Fsp3) is 0.286. The first-order chi connectivity index (χ1) is 13.0. The van der Waals surface area contributed by atoms with Gasteiger partial charge in [0.2, 0.25) is 0 Å². The third-order valence-corrected chi connectivity index (χ3v) is 5.03. The number of nitrogens with zero attached hydrogens (tertiary/aromatic N) is 4. The van der Waals surface area contributed by atoms with Crippen molar-refractivity contribution >= 4 is 11.7 Å².